The highest BCUT2D eigenvalue weighted by molar-refractivity contribution is 7.81. The van der Waals surface area contributed by atoms with E-state index in [0.717, 1.165) is 0 Å². The minimum absolute atomic E-state index is 0.00629. The van der Waals surface area contributed by atoms with Gasteiger partial charge in [-0.2, -0.15) is 12.6 Å². The Kier molecular flexibility index (Phi) is 3.33. The zero-order valence-electron chi connectivity index (χ0n) is 9.29. The number of hydrogen-bond acceptors (Lipinski definition) is 5. The van der Waals surface area contributed by atoms with Gasteiger partial charge in [-0.15, -0.1) is 0 Å². The lowest BCUT2D eigenvalue weighted by Crippen LogP contribution is -2.27. The third-order valence-corrected chi connectivity index (χ3v) is 2.95. The van der Waals surface area contributed by atoms with Crippen LogP contribution in [0, 0.1) is 0 Å². The summed E-state index contributed by atoms with van der Waals surface area (Å²) in [5, 5.41) is -0.00629. The van der Waals surface area contributed by atoms with Gasteiger partial charge in [-0.05, 0) is 6.07 Å². The summed E-state index contributed by atoms with van der Waals surface area (Å²) in [5.41, 5.74) is 0.833. The van der Waals surface area contributed by atoms with Crippen molar-refractivity contribution in [3.63, 3.8) is 0 Å². The van der Waals surface area contributed by atoms with Gasteiger partial charge >= 0.3 is 5.97 Å². The molecule has 2 heterocycles. The summed E-state index contributed by atoms with van der Waals surface area (Å²) in [6, 6.07) is 1.54. The summed E-state index contributed by atoms with van der Waals surface area (Å²) < 4.78 is 4.67. The molecule has 1 aliphatic rings. The van der Waals surface area contributed by atoms with Gasteiger partial charge < -0.3 is 9.64 Å². The molecule has 1 aromatic rings. The van der Waals surface area contributed by atoms with Crippen LogP contribution in [-0.4, -0.2) is 35.8 Å². The second kappa shape index (κ2) is 4.75. The number of thiol groups is 1. The number of pyridine rings is 1. The van der Waals surface area contributed by atoms with E-state index >= 15 is 0 Å². The van der Waals surface area contributed by atoms with Crippen molar-refractivity contribution in [2.45, 2.75) is 11.7 Å². The van der Waals surface area contributed by atoms with Gasteiger partial charge in [-0.25, -0.2) is 4.79 Å². The van der Waals surface area contributed by atoms with Gasteiger partial charge in [0.05, 0.1) is 24.6 Å². The van der Waals surface area contributed by atoms with Crippen molar-refractivity contribution in [1.29, 1.82) is 0 Å². The van der Waals surface area contributed by atoms with Crippen LogP contribution in [0.3, 0.4) is 0 Å². The molecule has 2 rings (SSSR count). The molecule has 1 atom stereocenters. The van der Waals surface area contributed by atoms with E-state index in [0.29, 0.717) is 24.2 Å². The maximum atomic E-state index is 11.7. The molecule has 6 heteroatoms. The van der Waals surface area contributed by atoms with E-state index in [4.69, 9.17) is 0 Å². The molecule has 0 spiro atoms. The molecule has 0 aromatic carbocycles. The first kappa shape index (κ1) is 11.9. The van der Waals surface area contributed by atoms with Crippen molar-refractivity contribution >= 4 is 30.2 Å². The number of carbonyl (C=O) groups excluding carboxylic acids is 2. The number of esters is 1. The van der Waals surface area contributed by atoms with Crippen molar-refractivity contribution in [3.8, 4) is 0 Å². The first-order chi connectivity index (χ1) is 8.13. The van der Waals surface area contributed by atoms with Gasteiger partial charge in [0.2, 0.25) is 5.91 Å². The lowest BCUT2D eigenvalue weighted by atomic mass is 10.2. The van der Waals surface area contributed by atoms with Crippen LogP contribution in [0.25, 0.3) is 0 Å². The Morgan fingerprint density at radius 3 is 3.00 bits per heavy atom. The number of ether oxygens (including phenoxy) is 1. The number of nitrogens with zero attached hydrogens (tertiary/aromatic N) is 2. The van der Waals surface area contributed by atoms with Crippen molar-refractivity contribution < 1.29 is 14.3 Å². The van der Waals surface area contributed by atoms with Crippen LogP contribution >= 0.6 is 12.6 Å². The van der Waals surface area contributed by atoms with Crippen LogP contribution in [0.2, 0.25) is 0 Å². The maximum absolute atomic E-state index is 11.7. The Hall–Kier alpha value is -1.56. The standard InChI is InChI=1S/C11H12N2O3S/c1-16-11(15)8-2-3-12-5-9(8)13-6-7(17)4-10(13)14/h2-3,5,7,17H,4,6H2,1H3. The SMILES string of the molecule is COC(=O)c1ccncc1N1CC(S)CC1=O. The number of anilines is 1. The van der Waals surface area contributed by atoms with E-state index in [-0.39, 0.29) is 11.2 Å². The summed E-state index contributed by atoms with van der Waals surface area (Å²) in [7, 11) is 1.31. The van der Waals surface area contributed by atoms with Crippen LogP contribution in [0.4, 0.5) is 5.69 Å². The molecule has 0 radical (unpaired) electrons. The molecule has 1 saturated heterocycles. The molecule has 0 aliphatic carbocycles. The van der Waals surface area contributed by atoms with Crippen molar-refractivity contribution in [3.05, 3.63) is 24.0 Å². The zero-order valence-corrected chi connectivity index (χ0v) is 10.2. The molecule has 0 N–H and O–H groups in total. The molecule has 90 valence electrons. The Labute approximate surface area is 104 Å². The molecule has 1 aromatic heterocycles. The first-order valence-corrected chi connectivity index (χ1v) is 5.66. The molecule has 1 fully saturated rings. The maximum Gasteiger partial charge on any atom is 0.340 e. The second-order valence-corrected chi connectivity index (χ2v) is 4.48. The average molecular weight is 252 g/mol. The van der Waals surface area contributed by atoms with E-state index in [9.17, 15) is 9.59 Å². The molecular weight excluding hydrogens is 240 g/mol. The van der Waals surface area contributed by atoms with Crippen molar-refractivity contribution in [2.24, 2.45) is 0 Å². The van der Waals surface area contributed by atoms with Gasteiger partial charge in [0.1, 0.15) is 0 Å². The summed E-state index contributed by atoms with van der Waals surface area (Å²) in [4.78, 5) is 28.8. The van der Waals surface area contributed by atoms with Gasteiger partial charge in [0.15, 0.2) is 0 Å². The largest absolute Gasteiger partial charge is 0.465 e. The molecule has 1 unspecified atom stereocenters. The van der Waals surface area contributed by atoms with Crippen LogP contribution in [0.1, 0.15) is 16.8 Å². The van der Waals surface area contributed by atoms with Gasteiger partial charge in [0.25, 0.3) is 0 Å². The van der Waals surface area contributed by atoms with E-state index in [1.807, 2.05) is 0 Å². The highest BCUT2D eigenvalue weighted by Crippen LogP contribution is 2.26. The van der Waals surface area contributed by atoms with E-state index in [1.54, 1.807) is 6.07 Å². The van der Waals surface area contributed by atoms with Crippen LogP contribution < -0.4 is 4.90 Å². The summed E-state index contributed by atoms with van der Waals surface area (Å²) in [6.45, 7) is 0.484. The lowest BCUT2D eigenvalue weighted by Gasteiger charge is -2.18. The van der Waals surface area contributed by atoms with Crippen molar-refractivity contribution in [2.75, 3.05) is 18.6 Å². The minimum Gasteiger partial charge on any atom is -0.465 e. The van der Waals surface area contributed by atoms with Crippen LogP contribution in [-0.2, 0) is 9.53 Å². The minimum atomic E-state index is -0.474. The number of carbonyl (C=O) groups is 2. The average Bonchev–Trinajstić information content (AvgIpc) is 2.67. The molecule has 0 bridgehead atoms. The Morgan fingerprint density at radius 2 is 2.41 bits per heavy atom. The summed E-state index contributed by atoms with van der Waals surface area (Å²) in [6.07, 6.45) is 3.36. The topological polar surface area (TPSA) is 59.5 Å². The predicted molar refractivity (Wildman–Crippen MR) is 65.3 cm³/mol. The quantitative estimate of drug-likeness (QED) is 0.627. The number of hydrogen-bond donors (Lipinski definition) is 1. The number of methoxy groups -OCH3 is 1. The fraction of sp³-hybridized carbons (Fsp3) is 0.364. The van der Waals surface area contributed by atoms with Gasteiger partial charge in [-0.3, -0.25) is 9.78 Å². The molecule has 0 saturated carbocycles. The monoisotopic (exact) mass is 252 g/mol. The lowest BCUT2D eigenvalue weighted by molar-refractivity contribution is -0.117. The highest BCUT2D eigenvalue weighted by atomic mass is 32.1. The Morgan fingerprint density at radius 1 is 1.65 bits per heavy atom. The molecule has 5 nitrogen and oxygen atoms in total. The smallest absolute Gasteiger partial charge is 0.340 e. The zero-order chi connectivity index (χ0) is 12.4. The summed E-state index contributed by atoms with van der Waals surface area (Å²) >= 11 is 4.27. The number of rotatable bonds is 2. The number of amides is 1. The van der Waals surface area contributed by atoms with Crippen molar-refractivity contribution in [1.82, 2.24) is 4.98 Å². The van der Waals surface area contributed by atoms with E-state index in [2.05, 4.69) is 22.3 Å². The molecule has 17 heavy (non-hydrogen) atoms. The normalized spacial score (nSPS) is 19.5. The first-order valence-electron chi connectivity index (χ1n) is 5.14. The molecular formula is C11H12N2O3S. The summed E-state index contributed by atoms with van der Waals surface area (Å²) in [5.74, 6) is -0.527. The predicted octanol–water partition coefficient (Wildman–Crippen LogP) is 0.903. The van der Waals surface area contributed by atoms with Gasteiger partial charge in [0, 0.05) is 24.4 Å². The van der Waals surface area contributed by atoms with E-state index in [1.165, 1.54) is 24.4 Å². The van der Waals surface area contributed by atoms with Gasteiger partial charge in [-0.1, -0.05) is 0 Å². The number of aromatic nitrogens is 1. The Bertz CT molecular complexity index is 464. The van der Waals surface area contributed by atoms with E-state index < -0.39 is 5.97 Å². The fourth-order valence-corrected chi connectivity index (χ4v) is 2.12. The second-order valence-electron chi connectivity index (χ2n) is 3.75. The highest BCUT2D eigenvalue weighted by Gasteiger charge is 2.31. The van der Waals surface area contributed by atoms with Crippen LogP contribution in [0.15, 0.2) is 18.5 Å². The fourth-order valence-electron chi connectivity index (χ4n) is 1.81. The molecule has 1 aliphatic heterocycles. The Balaban J connectivity index is 2.38. The third kappa shape index (κ3) is 2.26. The van der Waals surface area contributed by atoms with Crippen LogP contribution in [0.5, 0.6) is 0 Å². The third-order valence-electron chi connectivity index (χ3n) is 2.60. The molecule has 1 amide bonds.